The van der Waals surface area contributed by atoms with Crippen LogP contribution in [0.4, 0.5) is 10.5 Å². The number of hydrogen-bond acceptors (Lipinski definition) is 2. The molecule has 0 radical (unpaired) electrons. The number of aliphatic hydroxyl groups is 1. The monoisotopic (exact) mass is 302 g/mol. The zero-order chi connectivity index (χ0) is 13.8. The second kappa shape index (κ2) is 6.46. The number of carbonyl (C=O) groups excluding carboxylic acids is 1. The van der Waals surface area contributed by atoms with Gasteiger partial charge in [-0.25, -0.2) is 4.79 Å². The van der Waals surface area contributed by atoms with E-state index in [1.54, 1.807) is 23.1 Å². The highest BCUT2D eigenvalue weighted by atomic mass is 35.5. The maximum Gasteiger partial charge on any atom is 0.321 e. The lowest BCUT2D eigenvalue weighted by Crippen LogP contribution is -2.41. The Hall–Kier alpha value is -0.970. The van der Waals surface area contributed by atoms with E-state index in [4.69, 9.17) is 28.3 Å². The Labute approximate surface area is 122 Å². The predicted octanol–water partition coefficient (Wildman–Crippen LogP) is 3.23. The van der Waals surface area contributed by atoms with Gasteiger partial charge in [0.15, 0.2) is 0 Å². The van der Waals surface area contributed by atoms with Gasteiger partial charge in [-0.15, -0.1) is 0 Å². The van der Waals surface area contributed by atoms with Crippen molar-refractivity contribution >= 4 is 34.9 Å². The van der Waals surface area contributed by atoms with Crippen molar-refractivity contribution in [2.45, 2.75) is 12.8 Å². The van der Waals surface area contributed by atoms with E-state index in [1.807, 2.05) is 0 Å². The van der Waals surface area contributed by atoms with Crippen LogP contribution in [-0.2, 0) is 0 Å². The molecular formula is C13H16Cl2N2O2. The molecule has 1 saturated heterocycles. The topological polar surface area (TPSA) is 52.6 Å². The molecule has 1 heterocycles. The van der Waals surface area contributed by atoms with Gasteiger partial charge in [-0.05, 0) is 37.0 Å². The van der Waals surface area contributed by atoms with E-state index < -0.39 is 0 Å². The van der Waals surface area contributed by atoms with Crippen LogP contribution in [0.1, 0.15) is 12.8 Å². The molecule has 0 aliphatic carbocycles. The minimum absolute atomic E-state index is 0.144. The maximum absolute atomic E-state index is 12.0. The third-order valence-electron chi connectivity index (χ3n) is 3.33. The molecule has 0 saturated carbocycles. The van der Waals surface area contributed by atoms with Crippen molar-refractivity contribution in [1.82, 2.24) is 4.90 Å². The molecule has 0 spiro atoms. The molecule has 0 atom stereocenters. The number of anilines is 1. The summed E-state index contributed by atoms with van der Waals surface area (Å²) in [5.74, 6) is 0.314. The highest BCUT2D eigenvalue weighted by Gasteiger charge is 2.22. The Balaban J connectivity index is 1.92. The average molecular weight is 303 g/mol. The fourth-order valence-electron chi connectivity index (χ4n) is 2.10. The number of urea groups is 1. The zero-order valence-electron chi connectivity index (χ0n) is 10.4. The van der Waals surface area contributed by atoms with Crippen LogP contribution in [-0.4, -0.2) is 35.7 Å². The van der Waals surface area contributed by atoms with Gasteiger partial charge in [-0.1, -0.05) is 23.2 Å². The van der Waals surface area contributed by atoms with Crippen molar-refractivity contribution in [2.24, 2.45) is 5.92 Å². The van der Waals surface area contributed by atoms with Crippen molar-refractivity contribution < 1.29 is 9.90 Å². The van der Waals surface area contributed by atoms with Gasteiger partial charge in [-0.2, -0.15) is 0 Å². The van der Waals surface area contributed by atoms with Gasteiger partial charge < -0.3 is 15.3 Å². The first-order valence-electron chi connectivity index (χ1n) is 6.22. The number of hydrogen-bond donors (Lipinski definition) is 2. The summed E-state index contributed by atoms with van der Waals surface area (Å²) >= 11 is 11.7. The predicted molar refractivity (Wildman–Crippen MR) is 76.9 cm³/mol. The molecule has 1 aliphatic rings. The summed E-state index contributed by atoms with van der Waals surface area (Å²) in [7, 11) is 0. The highest BCUT2D eigenvalue weighted by Crippen LogP contribution is 2.25. The van der Waals surface area contributed by atoms with Gasteiger partial charge in [0.1, 0.15) is 0 Å². The van der Waals surface area contributed by atoms with Crippen molar-refractivity contribution in [2.75, 3.05) is 25.0 Å². The van der Waals surface area contributed by atoms with Crippen molar-refractivity contribution in [3.8, 4) is 0 Å². The van der Waals surface area contributed by atoms with E-state index in [1.165, 1.54) is 0 Å². The molecule has 0 bridgehead atoms. The summed E-state index contributed by atoms with van der Waals surface area (Å²) in [4.78, 5) is 13.8. The quantitative estimate of drug-likeness (QED) is 0.881. The number of rotatable bonds is 2. The Morgan fingerprint density at radius 3 is 2.58 bits per heavy atom. The van der Waals surface area contributed by atoms with E-state index >= 15 is 0 Å². The molecule has 0 unspecified atom stereocenters. The van der Waals surface area contributed by atoms with Crippen LogP contribution >= 0.6 is 23.2 Å². The Bertz CT molecular complexity index is 460. The zero-order valence-corrected chi connectivity index (χ0v) is 11.9. The van der Waals surface area contributed by atoms with Gasteiger partial charge in [0.25, 0.3) is 0 Å². The highest BCUT2D eigenvalue weighted by molar-refractivity contribution is 6.42. The first-order chi connectivity index (χ1) is 9.10. The molecule has 19 heavy (non-hydrogen) atoms. The van der Waals surface area contributed by atoms with Crippen LogP contribution in [0.25, 0.3) is 0 Å². The summed E-state index contributed by atoms with van der Waals surface area (Å²) in [6.07, 6.45) is 1.68. The average Bonchev–Trinajstić information content (AvgIpc) is 2.43. The fourth-order valence-corrected chi connectivity index (χ4v) is 2.39. The molecule has 104 valence electrons. The molecule has 1 aliphatic heterocycles. The fraction of sp³-hybridized carbons (Fsp3) is 0.462. The first kappa shape index (κ1) is 14.4. The van der Waals surface area contributed by atoms with Gasteiger partial charge >= 0.3 is 6.03 Å². The Kier molecular flexibility index (Phi) is 4.91. The number of aliphatic hydroxyl groups excluding tert-OH is 1. The summed E-state index contributed by atoms with van der Waals surface area (Å²) in [6, 6.07) is 4.85. The third kappa shape index (κ3) is 3.75. The summed E-state index contributed by atoms with van der Waals surface area (Å²) < 4.78 is 0. The maximum atomic E-state index is 12.0. The van der Waals surface area contributed by atoms with Crippen LogP contribution in [0, 0.1) is 5.92 Å². The number of benzene rings is 1. The van der Waals surface area contributed by atoms with E-state index in [0.717, 1.165) is 12.8 Å². The van der Waals surface area contributed by atoms with E-state index in [-0.39, 0.29) is 12.6 Å². The molecule has 1 aromatic rings. The standard InChI is InChI=1S/C13H16Cl2N2O2/c14-11-2-1-10(7-12(11)15)16-13(19)17-5-3-9(8-18)4-6-17/h1-2,7,9,18H,3-6,8H2,(H,16,19). The van der Waals surface area contributed by atoms with Crippen LogP contribution in [0.15, 0.2) is 18.2 Å². The lowest BCUT2D eigenvalue weighted by molar-refractivity contribution is 0.143. The molecule has 2 amide bonds. The second-order valence-corrected chi connectivity index (χ2v) is 5.49. The number of halogens is 2. The van der Waals surface area contributed by atoms with Crippen LogP contribution in [0.5, 0.6) is 0 Å². The van der Waals surface area contributed by atoms with Gasteiger partial charge in [0.2, 0.25) is 0 Å². The molecular weight excluding hydrogens is 287 g/mol. The largest absolute Gasteiger partial charge is 0.396 e. The first-order valence-corrected chi connectivity index (χ1v) is 6.97. The molecule has 0 aromatic heterocycles. The number of carbonyl (C=O) groups is 1. The Morgan fingerprint density at radius 1 is 1.32 bits per heavy atom. The van der Waals surface area contributed by atoms with Gasteiger partial charge in [0.05, 0.1) is 10.0 Å². The van der Waals surface area contributed by atoms with Crippen molar-refractivity contribution in [1.29, 1.82) is 0 Å². The molecule has 2 N–H and O–H groups in total. The number of amides is 2. The summed E-state index contributed by atoms with van der Waals surface area (Å²) in [5.41, 5.74) is 0.628. The molecule has 1 fully saturated rings. The smallest absolute Gasteiger partial charge is 0.321 e. The van der Waals surface area contributed by atoms with Crippen LogP contribution in [0.3, 0.4) is 0 Å². The van der Waals surface area contributed by atoms with Crippen LogP contribution in [0.2, 0.25) is 10.0 Å². The van der Waals surface area contributed by atoms with Crippen molar-refractivity contribution in [3.05, 3.63) is 28.2 Å². The van der Waals surface area contributed by atoms with Crippen molar-refractivity contribution in [3.63, 3.8) is 0 Å². The molecule has 1 aromatic carbocycles. The second-order valence-electron chi connectivity index (χ2n) is 4.67. The van der Waals surface area contributed by atoms with Gasteiger partial charge in [0, 0.05) is 25.4 Å². The molecule has 2 rings (SSSR count). The number of piperidine rings is 1. The lowest BCUT2D eigenvalue weighted by atomic mass is 9.98. The summed E-state index contributed by atoms with van der Waals surface area (Å²) in [5, 5.41) is 12.7. The minimum Gasteiger partial charge on any atom is -0.396 e. The summed E-state index contributed by atoms with van der Waals surface area (Å²) in [6.45, 7) is 1.53. The van der Waals surface area contributed by atoms with Crippen LogP contribution < -0.4 is 5.32 Å². The molecule has 4 nitrogen and oxygen atoms in total. The van der Waals surface area contributed by atoms with E-state index in [0.29, 0.717) is 34.7 Å². The Morgan fingerprint density at radius 2 is 2.00 bits per heavy atom. The number of nitrogens with zero attached hydrogens (tertiary/aromatic N) is 1. The number of likely N-dealkylation sites (tertiary alicyclic amines) is 1. The van der Waals surface area contributed by atoms with E-state index in [9.17, 15) is 4.79 Å². The van der Waals surface area contributed by atoms with Gasteiger partial charge in [-0.3, -0.25) is 0 Å². The third-order valence-corrected chi connectivity index (χ3v) is 4.07. The normalized spacial score (nSPS) is 16.5. The molecule has 6 heteroatoms. The SMILES string of the molecule is O=C(Nc1ccc(Cl)c(Cl)c1)N1CCC(CO)CC1. The lowest BCUT2D eigenvalue weighted by Gasteiger charge is -2.31. The minimum atomic E-state index is -0.144. The number of nitrogens with one attached hydrogen (secondary N) is 1. The van der Waals surface area contributed by atoms with E-state index in [2.05, 4.69) is 5.32 Å².